The lowest BCUT2D eigenvalue weighted by Crippen LogP contribution is -2.71. The highest BCUT2D eigenvalue weighted by Crippen LogP contribution is 2.43. The number of fused-ring (bicyclic) bond motifs is 1. The fraction of sp³-hybridized carbons (Fsp3) is 0.385. The third-order valence-corrected chi connectivity index (χ3v) is 26.2. The molecular weight excluding hydrogens is 1350 g/mol. The molecule has 23 heteroatoms. The van der Waals surface area contributed by atoms with Gasteiger partial charge in [-0.05, 0) is 70.2 Å². The van der Waals surface area contributed by atoms with Gasteiger partial charge in [-0.15, -0.1) is 0 Å². The van der Waals surface area contributed by atoms with Crippen LogP contribution in [0.4, 0.5) is 0 Å². The Bertz CT molecular complexity index is 4040. The first-order valence-electron chi connectivity index (χ1n) is 34.2. The molecule has 4 fully saturated rings. The third kappa shape index (κ3) is 19.2. The largest absolute Gasteiger partial charge is 0.391 e. The number of aliphatic hydroxyl groups is 1. The number of ether oxygens (including phenoxy) is 12. The number of nitrogens with one attached hydrogen (secondary N) is 2. The minimum Gasteiger partial charge on any atom is -0.391 e. The van der Waals surface area contributed by atoms with Crippen LogP contribution in [0.1, 0.15) is 60.4 Å². The van der Waals surface area contributed by atoms with E-state index >= 15 is 16.8 Å². The predicted molar refractivity (Wildman–Crippen MR) is 378 cm³/mol. The first-order valence-corrected chi connectivity index (χ1v) is 40.0. The molecule has 0 spiro atoms. The Morgan fingerprint density at radius 1 is 0.436 bits per heavy atom. The lowest BCUT2D eigenvalue weighted by molar-refractivity contribution is -0.391. The summed E-state index contributed by atoms with van der Waals surface area (Å²) in [5.74, 6) is 0. The van der Waals surface area contributed by atoms with Gasteiger partial charge < -0.3 is 66.4 Å². The molecule has 0 radical (unpaired) electrons. The molecule has 101 heavy (non-hydrogen) atoms. The van der Waals surface area contributed by atoms with Gasteiger partial charge in [-0.2, -0.15) is 0 Å². The molecule has 0 aromatic heterocycles. The summed E-state index contributed by atoms with van der Waals surface area (Å²) in [6.07, 6.45) is -18.0. The number of hydrogen-bond donors (Lipinski definition) is 3. The Balaban J connectivity index is 1.00. The van der Waals surface area contributed by atoms with E-state index in [-0.39, 0.29) is 62.6 Å². The van der Waals surface area contributed by atoms with Crippen LogP contribution in [0.2, 0.25) is 18.1 Å². The molecule has 0 amide bonds. The molecule has 12 rings (SSSR count). The molecule has 536 valence electrons. The van der Waals surface area contributed by atoms with E-state index in [0.717, 1.165) is 27.8 Å². The third-order valence-electron chi connectivity index (χ3n) is 18.8. The van der Waals surface area contributed by atoms with Crippen molar-refractivity contribution in [3.8, 4) is 0 Å². The predicted octanol–water partition coefficient (Wildman–Crippen LogP) is 11.3. The van der Waals surface area contributed by atoms with E-state index < -0.39 is 132 Å². The van der Waals surface area contributed by atoms with Crippen LogP contribution in [0.15, 0.2) is 252 Å². The molecule has 8 aromatic rings. The zero-order chi connectivity index (χ0) is 70.4. The van der Waals surface area contributed by atoms with Crippen LogP contribution in [0.25, 0.3) is 0 Å². The van der Waals surface area contributed by atoms with E-state index in [4.69, 9.17) is 61.3 Å². The van der Waals surface area contributed by atoms with Gasteiger partial charge in [-0.3, -0.25) is 0 Å². The zero-order valence-corrected chi connectivity index (χ0v) is 59.8. The van der Waals surface area contributed by atoms with Gasteiger partial charge in [0.25, 0.3) is 0 Å². The minimum absolute atomic E-state index is 0.00735. The van der Waals surface area contributed by atoms with Crippen LogP contribution in [-0.2, 0) is 114 Å². The van der Waals surface area contributed by atoms with E-state index in [0.29, 0.717) is 5.56 Å². The quantitative estimate of drug-likeness (QED) is 0.0355. The average molecular weight is 1440 g/mol. The van der Waals surface area contributed by atoms with Crippen LogP contribution < -0.4 is 9.44 Å². The molecule has 20 nitrogen and oxygen atoms in total. The van der Waals surface area contributed by atoms with E-state index in [9.17, 15) is 5.11 Å². The van der Waals surface area contributed by atoms with Crippen molar-refractivity contribution in [2.75, 3.05) is 19.8 Å². The van der Waals surface area contributed by atoms with E-state index in [1.807, 2.05) is 195 Å². The Hall–Kier alpha value is -6.76. The lowest BCUT2D eigenvalue weighted by Gasteiger charge is -2.53. The van der Waals surface area contributed by atoms with Gasteiger partial charge in [0.15, 0.2) is 33.5 Å². The Morgan fingerprint density at radius 3 is 1.21 bits per heavy atom. The van der Waals surface area contributed by atoms with Gasteiger partial charge in [-0.25, -0.2) is 26.3 Å². The smallest absolute Gasteiger partial charge is 0.241 e. The molecule has 3 N–H and O–H groups in total. The first kappa shape index (κ1) is 74.0. The van der Waals surface area contributed by atoms with Crippen molar-refractivity contribution >= 4 is 28.4 Å². The van der Waals surface area contributed by atoms with Gasteiger partial charge >= 0.3 is 0 Å². The number of aliphatic hydroxyl groups excluding tert-OH is 1. The Kier molecular flexibility index (Phi) is 25.1. The average Bonchev–Trinajstić information content (AvgIpc) is 0.757. The van der Waals surface area contributed by atoms with Crippen LogP contribution in [0.3, 0.4) is 0 Å². The molecule has 0 bridgehead atoms. The Morgan fingerprint density at radius 2 is 0.792 bits per heavy atom. The molecule has 4 aliphatic rings. The van der Waals surface area contributed by atoms with Crippen molar-refractivity contribution in [3.05, 3.63) is 276 Å². The normalized spacial score (nSPS) is 27.3. The molecule has 1 unspecified atom stereocenters. The number of sulfonamides is 2. The summed E-state index contributed by atoms with van der Waals surface area (Å²) in [6, 6.07) is 69.5. The van der Waals surface area contributed by atoms with Crippen molar-refractivity contribution in [3.63, 3.8) is 0 Å². The second-order valence-electron chi connectivity index (χ2n) is 27.1. The molecule has 4 aliphatic heterocycles. The summed E-state index contributed by atoms with van der Waals surface area (Å²) < 4.78 is 159. The fourth-order valence-corrected chi connectivity index (χ4v) is 16.1. The van der Waals surface area contributed by atoms with Crippen LogP contribution >= 0.6 is 0 Å². The van der Waals surface area contributed by atoms with Crippen molar-refractivity contribution in [2.45, 2.75) is 180 Å². The van der Waals surface area contributed by atoms with Crippen LogP contribution in [0.5, 0.6) is 0 Å². The number of benzene rings is 8. The Labute approximate surface area is 593 Å². The van der Waals surface area contributed by atoms with Gasteiger partial charge in [-0.1, -0.05) is 239 Å². The summed E-state index contributed by atoms with van der Waals surface area (Å²) in [7, 11) is -12.0. The zero-order valence-electron chi connectivity index (χ0n) is 57.2. The van der Waals surface area contributed by atoms with Crippen molar-refractivity contribution < 1.29 is 83.2 Å². The van der Waals surface area contributed by atoms with Gasteiger partial charge in [0.2, 0.25) is 20.0 Å². The molecule has 0 aliphatic carbocycles. The van der Waals surface area contributed by atoms with E-state index in [1.165, 1.54) is 24.3 Å². The van der Waals surface area contributed by atoms with Crippen molar-refractivity contribution in [1.29, 1.82) is 0 Å². The van der Waals surface area contributed by atoms with Gasteiger partial charge in [0.05, 0.1) is 62.6 Å². The fourth-order valence-electron chi connectivity index (χ4n) is 12.4. The highest BCUT2D eigenvalue weighted by Gasteiger charge is 2.59. The highest BCUT2D eigenvalue weighted by molar-refractivity contribution is 7.89. The molecule has 4 saturated heterocycles. The second-order valence-corrected chi connectivity index (χ2v) is 35.3. The van der Waals surface area contributed by atoms with Crippen molar-refractivity contribution in [2.24, 2.45) is 0 Å². The van der Waals surface area contributed by atoms with Gasteiger partial charge in [0.1, 0.15) is 73.1 Å². The summed E-state index contributed by atoms with van der Waals surface area (Å²) in [6.45, 7) is 9.87. The highest BCUT2D eigenvalue weighted by atomic mass is 32.2. The summed E-state index contributed by atoms with van der Waals surface area (Å²) in [5.41, 5.74) is 4.66. The summed E-state index contributed by atoms with van der Waals surface area (Å²) >= 11 is 0. The lowest BCUT2D eigenvalue weighted by atomic mass is 9.94. The van der Waals surface area contributed by atoms with Crippen LogP contribution in [0, 0.1) is 0 Å². The maximum Gasteiger partial charge on any atom is 0.241 e. The van der Waals surface area contributed by atoms with Gasteiger partial charge in [0, 0.05) is 5.56 Å². The summed E-state index contributed by atoms with van der Waals surface area (Å²) in [4.78, 5) is -0.139. The molecular formula is C78H90N2O18S2Si. The molecule has 16 atom stereocenters. The SMILES string of the molecule is CC(C)(C)[Si](C)(C)O[C@H]1O[C@H](COCc2ccccc2)[C@@H](O[C@@H]2O[C@H](COCc3ccccc3)[C@@H](O[C@@H]3O[C@@H]4COC(c5ccccc5)O[C@H]4[C@H](O)[C@@H]3OCc3ccccc3)[C@H](OCc3ccccc3)[C@H]2NS(=O)(=O)c2ccccc2)[C@H](OCc2ccccc2)[C@H]1NS(=O)(=O)c1ccccc1. The molecule has 8 aromatic carbocycles. The van der Waals surface area contributed by atoms with E-state index in [2.05, 4.69) is 30.2 Å². The summed E-state index contributed by atoms with van der Waals surface area (Å²) in [5, 5.41) is 12.4. The second kappa shape index (κ2) is 34.2. The minimum atomic E-state index is -4.61. The maximum atomic E-state index is 15.5. The number of rotatable bonds is 30. The number of hydrogen-bond acceptors (Lipinski definition) is 18. The molecule has 4 heterocycles. The molecule has 0 saturated carbocycles. The topological polar surface area (TPSA) is 233 Å². The van der Waals surface area contributed by atoms with Crippen LogP contribution in [-0.4, -0.2) is 142 Å². The van der Waals surface area contributed by atoms with E-state index in [1.54, 1.807) is 36.4 Å². The standard InChI is InChI=1S/C78H90N2O18S2Si/c1-78(2,3)101(4,5)98-76-66(80-100(84,85)61-44-28-13-29-45-61)72(89-49-57-36-20-9-21-37-57)69(63(93-76)52-87-47-55-32-16-7-17-33-55)96-75-65(79-99(82,83)60-42-26-12-27-43-60)71(88-48-56-34-18-8-19-35-56)70(62(92-75)51-86-46-54-30-14-6-15-31-54)97-77-73(90-50-58-38-22-10-23-39-58)67(81)68-64(94-77)53-91-74(95-68)59-40-24-11-25-41-59/h6-45,62-77,79-81H,46-53H2,1-5H3/t62-,63-,64-,65-,66-,67+,68-,69-,70-,71-,72-,73+,74?,75+,76-,77+/m1/s1. The maximum absolute atomic E-state index is 15.5. The first-order chi connectivity index (χ1) is 48.9. The monoisotopic (exact) mass is 1430 g/mol. The van der Waals surface area contributed by atoms with Crippen molar-refractivity contribution in [1.82, 2.24) is 9.44 Å².